The van der Waals surface area contributed by atoms with Crippen molar-refractivity contribution in [2.24, 2.45) is 5.92 Å². The van der Waals surface area contributed by atoms with Gasteiger partial charge >= 0.3 is 5.97 Å². The summed E-state index contributed by atoms with van der Waals surface area (Å²) in [5.74, 6) is -0.540. The van der Waals surface area contributed by atoms with Crippen LogP contribution in [0.3, 0.4) is 0 Å². The predicted octanol–water partition coefficient (Wildman–Crippen LogP) is 1.61. The van der Waals surface area contributed by atoms with E-state index in [9.17, 15) is 9.59 Å². The lowest BCUT2D eigenvalue weighted by atomic mass is 10.1. The highest BCUT2D eigenvalue weighted by Crippen LogP contribution is 2.05. The van der Waals surface area contributed by atoms with Gasteiger partial charge in [-0.2, -0.15) is 0 Å². The average Bonchev–Trinajstić information content (AvgIpc) is 2.27. The molecule has 0 aromatic heterocycles. The summed E-state index contributed by atoms with van der Waals surface area (Å²) in [6.45, 7) is 8.17. The Bertz CT molecular complexity index is 251. The zero-order chi connectivity index (χ0) is 12.6. The van der Waals surface area contributed by atoms with Crippen LogP contribution in [0.25, 0.3) is 0 Å². The summed E-state index contributed by atoms with van der Waals surface area (Å²) < 4.78 is 4.63. The number of carbonyl (C=O) groups is 2. The van der Waals surface area contributed by atoms with Crippen molar-refractivity contribution in [3.63, 3.8) is 0 Å². The smallest absolute Gasteiger partial charge is 0.310 e. The van der Waals surface area contributed by atoms with E-state index in [1.807, 2.05) is 6.92 Å². The molecule has 0 rings (SSSR count). The second-order valence-electron chi connectivity index (χ2n) is 3.76. The molecular weight excluding hydrogens is 206 g/mol. The number of hydrogen-bond acceptors (Lipinski definition) is 3. The summed E-state index contributed by atoms with van der Waals surface area (Å²) in [5, 5.41) is 0. The number of nitrogens with zero attached hydrogens (tertiary/aromatic N) is 1. The number of carbonyl (C=O) groups excluding carboxylic acids is 2. The second kappa shape index (κ2) is 7.91. The molecule has 0 spiro atoms. The number of amides is 1. The molecule has 1 atom stereocenters. The van der Waals surface area contributed by atoms with Crippen LogP contribution in [0.2, 0.25) is 0 Å². The molecular formula is C12H21NO3. The van der Waals surface area contributed by atoms with E-state index in [2.05, 4.69) is 11.3 Å². The summed E-state index contributed by atoms with van der Waals surface area (Å²) in [6.07, 6.45) is 2.97. The van der Waals surface area contributed by atoms with Gasteiger partial charge in [0.15, 0.2) is 0 Å². The van der Waals surface area contributed by atoms with Crippen LogP contribution in [0.1, 0.15) is 26.7 Å². The number of ether oxygens (including phenoxy) is 1. The monoisotopic (exact) mass is 227 g/mol. The van der Waals surface area contributed by atoms with Gasteiger partial charge in [-0.05, 0) is 6.42 Å². The van der Waals surface area contributed by atoms with Crippen LogP contribution in [0, 0.1) is 5.92 Å². The predicted molar refractivity (Wildman–Crippen MR) is 62.9 cm³/mol. The van der Waals surface area contributed by atoms with Gasteiger partial charge in [0.25, 0.3) is 0 Å². The van der Waals surface area contributed by atoms with E-state index in [1.54, 1.807) is 17.9 Å². The Kier molecular flexibility index (Phi) is 7.25. The third kappa shape index (κ3) is 4.96. The number of methoxy groups -OCH3 is 1. The Balaban J connectivity index is 4.37. The minimum atomic E-state index is -0.300. The minimum absolute atomic E-state index is 0.0538. The van der Waals surface area contributed by atoms with Crippen LogP contribution in [0.5, 0.6) is 0 Å². The van der Waals surface area contributed by atoms with E-state index in [0.29, 0.717) is 19.5 Å². The van der Waals surface area contributed by atoms with E-state index >= 15 is 0 Å². The molecule has 0 aromatic rings. The largest absolute Gasteiger partial charge is 0.469 e. The molecule has 0 aromatic carbocycles. The normalized spacial score (nSPS) is 11.7. The number of hydrogen-bond donors (Lipinski definition) is 0. The molecule has 0 saturated carbocycles. The first kappa shape index (κ1) is 14.7. The molecule has 0 saturated heterocycles. The lowest BCUT2D eigenvalue weighted by Crippen LogP contribution is -2.37. The van der Waals surface area contributed by atoms with Crippen molar-refractivity contribution in [3.8, 4) is 0 Å². The van der Waals surface area contributed by atoms with Crippen molar-refractivity contribution < 1.29 is 14.3 Å². The highest BCUT2D eigenvalue weighted by Gasteiger charge is 2.19. The Hall–Kier alpha value is -1.32. The molecule has 92 valence electrons. The van der Waals surface area contributed by atoms with E-state index in [0.717, 1.165) is 6.42 Å². The molecule has 16 heavy (non-hydrogen) atoms. The summed E-state index contributed by atoms with van der Waals surface area (Å²) in [4.78, 5) is 24.6. The molecule has 0 aliphatic rings. The third-order valence-electron chi connectivity index (χ3n) is 2.26. The fraction of sp³-hybridized carbons (Fsp3) is 0.667. The highest BCUT2D eigenvalue weighted by atomic mass is 16.5. The SMILES string of the molecule is C=CCN(CC(C)C(=O)OC)C(=O)CCC. The standard InChI is InChI=1S/C12H21NO3/c1-5-7-11(14)13(8-6-2)9-10(3)12(15)16-4/h6,10H,2,5,7-9H2,1,3-4H3. The maximum Gasteiger partial charge on any atom is 0.310 e. The molecule has 0 radical (unpaired) electrons. The van der Waals surface area contributed by atoms with E-state index in [-0.39, 0.29) is 17.8 Å². The van der Waals surface area contributed by atoms with Crippen molar-refractivity contribution in [1.29, 1.82) is 0 Å². The average molecular weight is 227 g/mol. The summed E-state index contributed by atoms with van der Waals surface area (Å²) >= 11 is 0. The molecule has 1 amide bonds. The fourth-order valence-electron chi connectivity index (χ4n) is 1.41. The van der Waals surface area contributed by atoms with Crippen molar-refractivity contribution in [3.05, 3.63) is 12.7 Å². The van der Waals surface area contributed by atoms with Crippen LogP contribution in [-0.2, 0) is 14.3 Å². The molecule has 4 nitrogen and oxygen atoms in total. The number of rotatable bonds is 7. The Morgan fingerprint density at radius 2 is 2.12 bits per heavy atom. The van der Waals surface area contributed by atoms with Gasteiger partial charge in [0.1, 0.15) is 0 Å². The first-order valence-electron chi connectivity index (χ1n) is 5.53. The van der Waals surface area contributed by atoms with Crippen molar-refractivity contribution in [1.82, 2.24) is 4.90 Å². The maximum atomic E-state index is 11.7. The zero-order valence-corrected chi connectivity index (χ0v) is 10.4. The summed E-state index contributed by atoms with van der Waals surface area (Å²) in [6, 6.07) is 0. The zero-order valence-electron chi connectivity index (χ0n) is 10.4. The van der Waals surface area contributed by atoms with Gasteiger partial charge in [-0.15, -0.1) is 6.58 Å². The molecule has 4 heteroatoms. The second-order valence-corrected chi connectivity index (χ2v) is 3.76. The molecule has 0 fully saturated rings. The molecule has 0 heterocycles. The first-order chi connectivity index (χ1) is 7.56. The van der Waals surface area contributed by atoms with Crippen LogP contribution in [0.4, 0.5) is 0 Å². The summed E-state index contributed by atoms with van der Waals surface area (Å²) in [7, 11) is 1.35. The molecule has 0 N–H and O–H groups in total. The Morgan fingerprint density at radius 1 is 1.50 bits per heavy atom. The van der Waals surface area contributed by atoms with Crippen molar-refractivity contribution in [2.75, 3.05) is 20.2 Å². The van der Waals surface area contributed by atoms with Crippen LogP contribution >= 0.6 is 0 Å². The molecule has 0 bridgehead atoms. The number of esters is 1. The van der Waals surface area contributed by atoms with E-state index in [1.165, 1.54) is 7.11 Å². The molecule has 0 aliphatic carbocycles. The maximum absolute atomic E-state index is 11.7. The van der Waals surface area contributed by atoms with Crippen LogP contribution in [-0.4, -0.2) is 37.0 Å². The first-order valence-corrected chi connectivity index (χ1v) is 5.53. The molecule has 0 aliphatic heterocycles. The van der Waals surface area contributed by atoms with E-state index < -0.39 is 0 Å². The quantitative estimate of drug-likeness (QED) is 0.490. The minimum Gasteiger partial charge on any atom is -0.469 e. The summed E-state index contributed by atoms with van der Waals surface area (Å²) in [5.41, 5.74) is 0. The Labute approximate surface area is 97.3 Å². The van der Waals surface area contributed by atoms with Gasteiger partial charge in [-0.25, -0.2) is 0 Å². The van der Waals surface area contributed by atoms with Gasteiger partial charge in [-0.1, -0.05) is 19.9 Å². The fourth-order valence-corrected chi connectivity index (χ4v) is 1.41. The van der Waals surface area contributed by atoms with Crippen molar-refractivity contribution >= 4 is 11.9 Å². The van der Waals surface area contributed by atoms with Gasteiger partial charge in [0.2, 0.25) is 5.91 Å². The topological polar surface area (TPSA) is 46.6 Å². The Morgan fingerprint density at radius 3 is 2.56 bits per heavy atom. The van der Waals surface area contributed by atoms with Crippen molar-refractivity contribution in [2.45, 2.75) is 26.7 Å². The van der Waals surface area contributed by atoms with Gasteiger partial charge in [0, 0.05) is 19.5 Å². The molecule has 1 unspecified atom stereocenters. The lowest BCUT2D eigenvalue weighted by Gasteiger charge is -2.23. The van der Waals surface area contributed by atoms with Gasteiger partial charge in [0.05, 0.1) is 13.0 Å². The highest BCUT2D eigenvalue weighted by molar-refractivity contribution is 5.78. The van der Waals surface area contributed by atoms with Gasteiger partial charge in [-0.3, -0.25) is 9.59 Å². The third-order valence-corrected chi connectivity index (χ3v) is 2.26. The van der Waals surface area contributed by atoms with Crippen LogP contribution < -0.4 is 0 Å². The van der Waals surface area contributed by atoms with Gasteiger partial charge < -0.3 is 9.64 Å². The lowest BCUT2D eigenvalue weighted by molar-refractivity contribution is -0.146. The van der Waals surface area contributed by atoms with Crippen LogP contribution in [0.15, 0.2) is 12.7 Å². The van der Waals surface area contributed by atoms with E-state index in [4.69, 9.17) is 0 Å².